The fourth-order valence-corrected chi connectivity index (χ4v) is 7.40. The third-order valence-corrected chi connectivity index (χ3v) is 11.4. The fraction of sp³-hybridized carbons (Fsp3) is 0.741. The molecule has 0 aliphatic rings. The average Bonchev–Trinajstić information content (AvgIpc) is 3.29. The SMILES string of the molecule is CC/C=C\C/C=C\C/C=C\C/C=C\C/C=C\CCCCCCCCCCCC(=O)OCC(COC(=O)CCCCCCC)OC(=O)CCCCCCC/C=C\CCCCCCCCC. The molecule has 0 amide bonds. The Labute approximate surface area is 395 Å². The first kappa shape index (κ1) is 60.9. The van der Waals surface area contributed by atoms with Gasteiger partial charge in [-0.05, 0) is 89.9 Å². The normalized spacial score (nSPS) is 12.6. The minimum Gasteiger partial charge on any atom is -0.462 e. The molecule has 0 fully saturated rings. The van der Waals surface area contributed by atoms with Gasteiger partial charge in [0.05, 0.1) is 0 Å². The van der Waals surface area contributed by atoms with Crippen molar-refractivity contribution < 1.29 is 28.6 Å². The van der Waals surface area contributed by atoms with E-state index in [2.05, 4.69) is 93.7 Å². The minimum absolute atomic E-state index is 0.0807. The Bertz CT molecular complexity index is 1210. The van der Waals surface area contributed by atoms with Crippen molar-refractivity contribution in [3.63, 3.8) is 0 Å². The molecule has 64 heavy (non-hydrogen) atoms. The number of rotatable bonds is 48. The van der Waals surface area contributed by atoms with Gasteiger partial charge >= 0.3 is 17.9 Å². The summed E-state index contributed by atoms with van der Waals surface area (Å²) in [5.41, 5.74) is 0. The highest BCUT2D eigenvalue weighted by atomic mass is 16.6. The van der Waals surface area contributed by atoms with Gasteiger partial charge in [-0.25, -0.2) is 0 Å². The molecule has 1 atom stereocenters. The van der Waals surface area contributed by atoms with Gasteiger partial charge in [0, 0.05) is 19.3 Å². The summed E-state index contributed by atoms with van der Waals surface area (Å²) in [6.07, 6.45) is 66.4. The zero-order chi connectivity index (χ0) is 46.5. The first-order valence-electron chi connectivity index (χ1n) is 26.9. The van der Waals surface area contributed by atoms with E-state index in [1.807, 2.05) is 0 Å². The zero-order valence-corrected chi connectivity index (χ0v) is 42.0. The molecule has 0 aliphatic heterocycles. The summed E-state index contributed by atoms with van der Waals surface area (Å²) in [5.74, 6) is -0.906. The Morgan fingerprint density at radius 1 is 0.328 bits per heavy atom. The molecule has 0 rings (SSSR count). The van der Waals surface area contributed by atoms with Crippen LogP contribution in [-0.4, -0.2) is 37.2 Å². The van der Waals surface area contributed by atoms with Gasteiger partial charge in [0.2, 0.25) is 0 Å². The van der Waals surface area contributed by atoms with E-state index in [1.54, 1.807) is 0 Å². The van der Waals surface area contributed by atoms with E-state index in [9.17, 15) is 14.4 Å². The van der Waals surface area contributed by atoms with E-state index in [1.165, 1.54) is 103 Å². The van der Waals surface area contributed by atoms with Crippen LogP contribution in [0.25, 0.3) is 0 Å². The standard InChI is InChI=1S/C58H100O6/c1-4-7-10-13-15-17-19-21-23-25-26-27-28-29-30-31-32-33-35-36-38-40-42-45-48-51-57(60)63-54-55(53-62-56(59)50-47-44-12-9-6-3)64-58(61)52-49-46-43-41-39-37-34-24-22-20-18-16-14-11-8-5-2/h7,10,15,17,21,23-24,26-27,29-30,34,55H,4-6,8-9,11-14,16,18-20,22,25,28,31-33,35-54H2,1-3H3/b10-7-,17-15-,23-21-,27-26-,30-29-,34-24-. The van der Waals surface area contributed by atoms with Crippen LogP contribution in [0.2, 0.25) is 0 Å². The minimum atomic E-state index is -0.777. The molecule has 6 heteroatoms. The zero-order valence-electron chi connectivity index (χ0n) is 42.0. The monoisotopic (exact) mass is 893 g/mol. The highest BCUT2D eigenvalue weighted by Gasteiger charge is 2.19. The topological polar surface area (TPSA) is 78.9 Å². The van der Waals surface area contributed by atoms with Crippen LogP contribution in [0.15, 0.2) is 72.9 Å². The van der Waals surface area contributed by atoms with Crippen LogP contribution >= 0.6 is 0 Å². The quantitative estimate of drug-likeness (QED) is 0.0262. The molecule has 0 radical (unpaired) electrons. The summed E-state index contributed by atoms with van der Waals surface area (Å²) in [7, 11) is 0. The Kier molecular flexibility index (Phi) is 49.9. The molecule has 0 aromatic rings. The first-order valence-corrected chi connectivity index (χ1v) is 26.9. The Morgan fingerprint density at radius 2 is 0.609 bits per heavy atom. The Balaban J connectivity index is 4.13. The lowest BCUT2D eigenvalue weighted by atomic mass is 10.1. The second-order valence-electron chi connectivity index (χ2n) is 17.8. The van der Waals surface area contributed by atoms with Crippen molar-refractivity contribution in [2.75, 3.05) is 13.2 Å². The number of carbonyl (C=O) groups is 3. The third-order valence-electron chi connectivity index (χ3n) is 11.4. The molecule has 1 unspecified atom stereocenters. The van der Waals surface area contributed by atoms with Gasteiger partial charge in [-0.15, -0.1) is 0 Å². The van der Waals surface area contributed by atoms with Crippen molar-refractivity contribution in [2.24, 2.45) is 0 Å². The van der Waals surface area contributed by atoms with Gasteiger partial charge in [0.1, 0.15) is 13.2 Å². The second-order valence-corrected chi connectivity index (χ2v) is 17.8. The highest BCUT2D eigenvalue weighted by Crippen LogP contribution is 2.14. The summed E-state index contributed by atoms with van der Waals surface area (Å²) in [4.78, 5) is 37.7. The van der Waals surface area contributed by atoms with Gasteiger partial charge < -0.3 is 14.2 Å². The summed E-state index contributed by atoms with van der Waals surface area (Å²) in [6.45, 7) is 6.43. The Hall–Kier alpha value is -3.15. The Morgan fingerprint density at radius 3 is 0.969 bits per heavy atom. The summed E-state index contributed by atoms with van der Waals surface area (Å²) in [5, 5.41) is 0. The summed E-state index contributed by atoms with van der Waals surface area (Å²) >= 11 is 0. The van der Waals surface area contributed by atoms with Crippen molar-refractivity contribution in [1.29, 1.82) is 0 Å². The van der Waals surface area contributed by atoms with Crippen LogP contribution in [0.4, 0.5) is 0 Å². The maximum absolute atomic E-state index is 12.7. The van der Waals surface area contributed by atoms with Crippen LogP contribution < -0.4 is 0 Å². The van der Waals surface area contributed by atoms with Crippen LogP contribution in [0.5, 0.6) is 0 Å². The second kappa shape index (κ2) is 52.5. The lowest BCUT2D eigenvalue weighted by Gasteiger charge is -2.18. The van der Waals surface area contributed by atoms with Crippen LogP contribution in [0, 0.1) is 0 Å². The number of ether oxygens (including phenoxy) is 3. The lowest BCUT2D eigenvalue weighted by molar-refractivity contribution is -0.167. The number of allylic oxidation sites excluding steroid dienone is 12. The first-order chi connectivity index (χ1) is 31.5. The van der Waals surface area contributed by atoms with E-state index < -0.39 is 6.10 Å². The number of esters is 3. The number of hydrogen-bond acceptors (Lipinski definition) is 6. The van der Waals surface area contributed by atoms with E-state index in [4.69, 9.17) is 14.2 Å². The van der Waals surface area contributed by atoms with E-state index in [0.29, 0.717) is 19.3 Å². The molecule has 0 aromatic carbocycles. The van der Waals surface area contributed by atoms with Crippen molar-refractivity contribution in [1.82, 2.24) is 0 Å². The summed E-state index contributed by atoms with van der Waals surface area (Å²) < 4.78 is 16.7. The molecule has 0 saturated heterocycles. The maximum atomic E-state index is 12.7. The molecule has 0 spiro atoms. The molecule has 368 valence electrons. The molecule has 0 saturated carbocycles. The molecular formula is C58H100O6. The number of hydrogen-bond donors (Lipinski definition) is 0. The molecule has 0 aliphatic carbocycles. The van der Waals surface area contributed by atoms with Crippen molar-refractivity contribution in [2.45, 2.75) is 264 Å². The number of carbonyl (C=O) groups excluding carboxylic acids is 3. The van der Waals surface area contributed by atoms with Crippen molar-refractivity contribution in [3.05, 3.63) is 72.9 Å². The maximum Gasteiger partial charge on any atom is 0.306 e. The van der Waals surface area contributed by atoms with Crippen molar-refractivity contribution in [3.8, 4) is 0 Å². The lowest BCUT2D eigenvalue weighted by Crippen LogP contribution is -2.30. The molecule has 6 nitrogen and oxygen atoms in total. The van der Waals surface area contributed by atoms with Gasteiger partial charge in [0.15, 0.2) is 6.10 Å². The predicted molar refractivity (Wildman–Crippen MR) is 274 cm³/mol. The average molecular weight is 893 g/mol. The van der Waals surface area contributed by atoms with E-state index in [-0.39, 0.29) is 31.1 Å². The molecule has 0 aromatic heterocycles. The van der Waals surface area contributed by atoms with Crippen LogP contribution in [0.3, 0.4) is 0 Å². The summed E-state index contributed by atoms with van der Waals surface area (Å²) in [6, 6.07) is 0. The largest absolute Gasteiger partial charge is 0.462 e. The van der Waals surface area contributed by atoms with Gasteiger partial charge in [0.25, 0.3) is 0 Å². The van der Waals surface area contributed by atoms with E-state index >= 15 is 0 Å². The highest BCUT2D eigenvalue weighted by molar-refractivity contribution is 5.71. The number of unbranched alkanes of at least 4 members (excludes halogenated alkanes) is 25. The van der Waals surface area contributed by atoms with Crippen LogP contribution in [-0.2, 0) is 28.6 Å². The predicted octanol–water partition coefficient (Wildman–Crippen LogP) is 17.8. The molecule has 0 heterocycles. The van der Waals surface area contributed by atoms with Crippen molar-refractivity contribution >= 4 is 17.9 Å². The molecule has 0 bridgehead atoms. The van der Waals surface area contributed by atoms with Gasteiger partial charge in [-0.1, -0.05) is 222 Å². The van der Waals surface area contributed by atoms with Gasteiger partial charge in [-0.2, -0.15) is 0 Å². The molecular weight excluding hydrogens is 793 g/mol. The van der Waals surface area contributed by atoms with E-state index in [0.717, 1.165) is 116 Å². The smallest absolute Gasteiger partial charge is 0.306 e. The van der Waals surface area contributed by atoms with Gasteiger partial charge in [-0.3, -0.25) is 14.4 Å². The van der Waals surface area contributed by atoms with Crippen LogP contribution in [0.1, 0.15) is 258 Å². The fourth-order valence-electron chi connectivity index (χ4n) is 7.40. The molecule has 0 N–H and O–H groups in total. The third kappa shape index (κ3) is 49.9.